The first-order valence-electron chi connectivity index (χ1n) is 10.00. The average molecular weight is 384 g/mol. The molecule has 146 valence electrons. The Morgan fingerprint density at radius 3 is 2.45 bits per heavy atom. The summed E-state index contributed by atoms with van der Waals surface area (Å²) in [6, 6.07) is 23.6. The van der Waals surface area contributed by atoms with Crippen molar-refractivity contribution in [2.75, 3.05) is 0 Å². The third-order valence-corrected chi connectivity index (χ3v) is 5.41. The number of hydrogen-bond acceptors (Lipinski definition) is 4. The van der Waals surface area contributed by atoms with Crippen LogP contribution in [0.4, 0.5) is 0 Å². The van der Waals surface area contributed by atoms with E-state index in [1.165, 1.54) is 11.1 Å². The Hall–Kier alpha value is -3.29. The largest absolute Gasteiger partial charge is 0.486 e. The molecule has 4 nitrogen and oxygen atoms in total. The summed E-state index contributed by atoms with van der Waals surface area (Å²) >= 11 is 0. The molecule has 1 unspecified atom stereocenters. The minimum absolute atomic E-state index is 0.0141. The summed E-state index contributed by atoms with van der Waals surface area (Å²) in [6.45, 7) is 2.09. The summed E-state index contributed by atoms with van der Waals surface area (Å²) in [6.07, 6.45) is 2.75. The van der Waals surface area contributed by atoms with Crippen molar-refractivity contribution in [1.29, 1.82) is 5.26 Å². The highest BCUT2D eigenvalue weighted by molar-refractivity contribution is 5.47. The van der Waals surface area contributed by atoms with E-state index in [1.54, 1.807) is 12.1 Å². The molecule has 3 aromatic rings. The number of nitrogens with zero attached hydrogens (tertiary/aromatic N) is 1. The highest BCUT2D eigenvalue weighted by Crippen LogP contribution is 2.41. The first kappa shape index (κ1) is 19.0. The Morgan fingerprint density at radius 2 is 1.76 bits per heavy atom. The van der Waals surface area contributed by atoms with E-state index in [1.807, 2.05) is 48.5 Å². The Kier molecular flexibility index (Phi) is 5.50. The molecule has 4 rings (SSSR count). The molecule has 2 atom stereocenters. The smallest absolute Gasteiger partial charge is 0.131 e. The Morgan fingerprint density at radius 1 is 1.03 bits per heavy atom. The minimum Gasteiger partial charge on any atom is -0.486 e. The number of ether oxygens (including phenoxy) is 2. The average Bonchev–Trinajstić information content (AvgIpc) is 3.18. The van der Waals surface area contributed by atoms with Gasteiger partial charge in [-0.2, -0.15) is 5.26 Å². The molecular weight excluding hydrogens is 360 g/mol. The van der Waals surface area contributed by atoms with Gasteiger partial charge in [0.1, 0.15) is 23.4 Å². The first-order chi connectivity index (χ1) is 14.2. The second-order valence-electron chi connectivity index (χ2n) is 7.29. The van der Waals surface area contributed by atoms with Crippen LogP contribution in [0, 0.1) is 11.3 Å². The van der Waals surface area contributed by atoms with Gasteiger partial charge in [0.15, 0.2) is 0 Å². The summed E-state index contributed by atoms with van der Waals surface area (Å²) in [5.74, 6) is 2.43. The topological polar surface area (TPSA) is 68.3 Å². The van der Waals surface area contributed by atoms with Crippen LogP contribution in [0.15, 0.2) is 66.7 Å². The van der Waals surface area contributed by atoms with E-state index in [-0.39, 0.29) is 12.1 Å². The molecule has 0 saturated heterocycles. The summed E-state index contributed by atoms with van der Waals surface area (Å²) in [5.41, 5.74) is 10.2. The van der Waals surface area contributed by atoms with Crippen molar-refractivity contribution in [1.82, 2.24) is 0 Å². The maximum Gasteiger partial charge on any atom is 0.131 e. The zero-order valence-corrected chi connectivity index (χ0v) is 16.5. The molecule has 0 aromatic heterocycles. The molecule has 29 heavy (non-hydrogen) atoms. The van der Waals surface area contributed by atoms with Gasteiger partial charge in [0.05, 0.1) is 11.6 Å². The van der Waals surface area contributed by atoms with Crippen LogP contribution in [0.3, 0.4) is 0 Å². The van der Waals surface area contributed by atoms with Gasteiger partial charge in [-0.1, -0.05) is 31.2 Å². The molecule has 3 aromatic carbocycles. The van der Waals surface area contributed by atoms with Crippen molar-refractivity contribution < 1.29 is 9.47 Å². The van der Waals surface area contributed by atoms with Crippen LogP contribution in [0.2, 0.25) is 0 Å². The van der Waals surface area contributed by atoms with Crippen LogP contribution < -0.4 is 15.2 Å². The minimum atomic E-state index is 0.0141. The lowest BCUT2D eigenvalue weighted by molar-refractivity contribution is 0.207. The summed E-state index contributed by atoms with van der Waals surface area (Å²) in [5, 5.41) is 8.94. The van der Waals surface area contributed by atoms with E-state index in [4.69, 9.17) is 20.5 Å². The van der Waals surface area contributed by atoms with Gasteiger partial charge in [0.25, 0.3) is 0 Å². The second kappa shape index (κ2) is 8.38. The van der Waals surface area contributed by atoms with Crippen molar-refractivity contribution in [3.05, 3.63) is 89.0 Å². The first-order valence-corrected chi connectivity index (χ1v) is 10.00. The number of rotatable bonds is 6. The van der Waals surface area contributed by atoms with E-state index in [9.17, 15) is 0 Å². The van der Waals surface area contributed by atoms with Gasteiger partial charge in [-0.25, -0.2) is 0 Å². The highest BCUT2D eigenvalue weighted by atomic mass is 16.5. The number of hydrogen-bond donors (Lipinski definition) is 1. The van der Waals surface area contributed by atoms with Gasteiger partial charge in [-0.15, -0.1) is 0 Å². The van der Waals surface area contributed by atoms with E-state index >= 15 is 0 Å². The van der Waals surface area contributed by atoms with E-state index in [0.717, 1.165) is 42.1 Å². The molecule has 0 radical (unpaired) electrons. The molecule has 1 aliphatic carbocycles. The Bertz CT molecular complexity index is 1020. The van der Waals surface area contributed by atoms with E-state index in [0.29, 0.717) is 5.56 Å². The Balaban J connectivity index is 1.50. The van der Waals surface area contributed by atoms with Gasteiger partial charge in [0, 0.05) is 11.6 Å². The van der Waals surface area contributed by atoms with Gasteiger partial charge in [0.2, 0.25) is 0 Å². The van der Waals surface area contributed by atoms with Crippen LogP contribution in [0.25, 0.3) is 0 Å². The lowest BCUT2D eigenvalue weighted by Crippen LogP contribution is -2.08. The van der Waals surface area contributed by atoms with Crippen LogP contribution in [0.5, 0.6) is 17.2 Å². The maximum atomic E-state index is 8.94. The summed E-state index contributed by atoms with van der Waals surface area (Å²) < 4.78 is 12.4. The molecule has 0 aliphatic heterocycles. The predicted octanol–water partition coefficient (Wildman–Crippen LogP) is 5.83. The molecule has 0 amide bonds. The molecule has 0 spiro atoms. The predicted molar refractivity (Wildman–Crippen MR) is 113 cm³/mol. The van der Waals surface area contributed by atoms with Crippen molar-refractivity contribution in [3.8, 4) is 23.3 Å². The fourth-order valence-corrected chi connectivity index (χ4v) is 3.72. The number of nitriles is 1. The van der Waals surface area contributed by atoms with Crippen molar-refractivity contribution in [3.63, 3.8) is 0 Å². The SMILES string of the molecule is CCC(N)c1ccc(O[C@@H]2CCc3c(Oc4ccc(C#N)cc4)cccc32)cc1. The number of benzene rings is 3. The third-order valence-electron chi connectivity index (χ3n) is 5.41. The molecule has 0 heterocycles. The lowest BCUT2D eigenvalue weighted by atomic mass is 10.1. The highest BCUT2D eigenvalue weighted by Gasteiger charge is 2.27. The van der Waals surface area contributed by atoms with Crippen LogP contribution in [0.1, 0.15) is 54.2 Å². The second-order valence-corrected chi connectivity index (χ2v) is 7.29. The van der Waals surface area contributed by atoms with Crippen LogP contribution in [-0.2, 0) is 6.42 Å². The molecule has 4 heteroatoms. The summed E-state index contributed by atoms with van der Waals surface area (Å²) in [4.78, 5) is 0. The molecule has 0 fully saturated rings. The van der Waals surface area contributed by atoms with Gasteiger partial charge in [-0.3, -0.25) is 0 Å². The van der Waals surface area contributed by atoms with E-state index in [2.05, 4.69) is 19.1 Å². The molecule has 1 aliphatic rings. The standard InChI is InChI=1S/C25H24N2O2/c1-2-23(27)18-8-12-20(13-9-18)29-25-15-14-22-21(25)4-3-5-24(22)28-19-10-6-17(16-26)7-11-19/h3-13,23,25H,2,14-15,27H2,1H3/t23?,25-/m1/s1. The summed E-state index contributed by atoms with van der Waals surface area (Å²) in [7, 11) is 0. The fourth-order valence-electron chi connectivity index (χ4n) is 3.72. The number of fused-ring (bicyclic) bond motifs is 1. The number of nitrogens with two attached hydrogens (primary N) is 1. The van der Waals surface area contributed by atoms with Crippen molar-refractivity contribution in [2.24, 2.45) is 5.73 Å². The van der Waals surface area contributed by atoms with Crippen molar-refractivity contribution in [2.45, 2.75) is 38.3 Å². The zero-order chi connectivity index (χ0) is 20.2. The normalized spacial score (nSPS) is 16.0. The van der Waals surface area contributed by atoms with Gasteiger partial charge in [-0.05, 0) is 72.9 Å². The van der Waals surface area contributed by atoms with Crippen LogP contribution in [-0.4, -0.2) is 0 Å². The Labute approximate surface area is 171 Å². The van der Waals surface area contributed by atoms with Crippen LogP contribution >= 0.6 is 0 Å². The lowest BCUT2D eigenvalue weighted by Gasteiger charge is -2.17. The monoisotopic (exact) mass is 384 g/mol. The third kappa shape index (κ3) is 4.11. The van der Waals surface area contributed by atoms with E-state index < -0.39 is 0 Å². The van der Waals surface area contributed by atoms with Gasteiger partial charge >= 0.3 is 0 Å². The molecular formula is C25H24N2O2. The quantitative estimate of drug-likeness (QED) is 0.581. The van der Waals surface area contributed by atoms with Gasteiger partial charge < -0.3 is 15.2 Å². The fraction of sp³-hybridized carbons (Fsp3) is 0.240. The molecule has 0 bridgehead atoms. The molecule has 0 saturated carbocycles. The van der Waals surface area contributed by atoms with Crippen molar-refractivity contribution >= 4 is 0 Å². The molecule has 2 N–H and O–H groups in total. The zero-order valence-electron chi connectivity index (χ0n) is 16.5. The maximum absolute atomic E-state index is 8.94.